The van der Waals surface area contributed by atoms with E-state index in [0.29, 0.717) is 6.42 Å². The van der Waals surface area contributed by atoms with Crippen LogP contribution in [0.2, 0.25) is 0 Å². The van der Waals surface area contributed by atoms with Crippen molar-refractivity contribution in [2.24, 2.45) is 5.16 Å². The quantitative estimate of drug-likeness (QED) is 0.747. The summed E-state index contributed by atoms with van der Waals surface area (Å²) in [4.78, 5) is 6.24. The summed E-state index contributed by atoms with van der Waals surface area (Å²) in [6, 6.07) is 10.3. The molecule has 1 heterocycles. The summed E-state index contributed by atoms with van der Waals surface area (Å²) in [6.45, 7) is 3.80. The minimum atomic E-state index is -0.786. The van der Waals surface area contributed by atoms with Crippen LogP contribution in [0.15, 0.2) is 34.3 Å². The third-order valence-corrected chi connectivity index (χ3v) is 3.24. The smallest absolute Gasteiger partial charge is 0.225 e. The van der Waals surface area contributed by atoms with Crippen molar-refractivity contribution >= 4 is 16.8 Å². The van der Waals surface area contributed by atoms with E-state index in [4.69, 9.17) is 10.1 Å². The van der Waals surface area contributed by atoms with Crippen LogP contribution in [0.25, 0.3) is 0 Å². The lowest BCUT2D eigenvalue weighted by molar-refractivity contribution is 0.0425. The van der Waals surface area contributed by atoms with Gasteiger partial charge < -0.3 is 4.84 Å². The van der Waals surface area contributed by atoms with E-state index in [1.54, 1.807) is 18.7 Å². The molecule has 1 atom stereocenters. The van der Waals surface area contributed by atoms with Crippen molar-refractivity contribution in [3.63, 3.8) is 0 Å². The van der Waals surface area contributed by atoms with Crippen LogP contribution in [0.5, 0.6) is 0 Å². The molecule has 0 radical (unpaired) electrons. The van der Waals surface area contributed by atoms with E-state index in [0.717, 1.165) is 9.94 Å². The Kier molecular flexibility index (Phi) is 2.88. The number of aryl methyl sites for hydroxylation is 1. The highest BCUT2D eigenvalue weighted by Gasteiger charge is 2.34. The zero-order chi connectivity index (χ0) is 11.6. The molecule has 0 saturated carbocycles. The summed E-state index contributed by atoms with van der Waals surface area (Å²) in [5.41, 5.74) is 0.430. The summed E-state index contributed by atoms with van der Waals surface area (Å²) >= 11 is 1.56. The Morgan fingerprint density at radius 3 is 3.00 bits per heavy atom. The van der Waals surface area contributed by atoms with Crippen LogP contribution in [0.1, 0.15) is 18.9 Å². The molecule has 0 aliphatic carbocycles. The number of nitriles is 1. The molecule has 0 amide bonds. The molecule has 1 aromatic rings. The number of oxime groups is 1. The Hall–Kier alpha value is -1.47. The third kappa shape index (κ3) is 2.37. The highest BCUT2D eigenvalue weighted by atomic mass is 32.2. The SMILES string of the molecule is Cc1cccc(SC2=NOC(C)(C#N)C2)c1. The highest BCUT2D eigenvalue weighted by Crippen LogP contribution is 2.31. The Morgan fingerprint density at radius 2 is 2.38 bits per heavy atom. The van der Waals surface area contributed by atoms with E-state index in [1.807, 2.05) is 12.1 Å². The maximum Gasteiger partial charge on any atom is 0.225 e. The monoisotopic (exact) mass is 232 g/mol. The van der Waals surface area contributed by atoms with Gasteiger partial charge in [-0.15, -0.1) is 0 Å². The van der Waals surface area contributed by atoms with E-state index in [1.165, 1.54) is 5.56 Å². The predicted molar refractivity (Wildman–Crippen MR) is 64.2 cm³/mol. The van der Waals surface area contributed by atoms with Gasteiger partial charge in [0.15, 0.2) is 0 Å². The third-order valence-electron chi connectivity index (χ3n) is 2.30. The molecule has 16 heavy (non-hydrogen) atoms. The Bertz CT molecular complexity index is 478. The highest BCUT2D eigenvalue weighted by molar-refractivity contribution is 8.14. The summed E-state index contributed by atoms with van der Waals surface area (Å²) in [7, 11) is 0. The average molecular weight is 232 g/mol. The summed E-state index contributed by atoms with van der Waals surface area (Å²) in [5.74, 6) is 0. The lowest BCUT2D eigenvalue weighted by Crippen LogP contribution is -2.20. The van der Waals surface area contributed by atoms with Crippen molar-refractivity contribution < 1.29 is 4.84 Å². The first-order valence-corrected chi connectivity index (χ1v) is 5.84. The molecule has 1 unspecified atom stereocenters. The van der Waals surface area contributed by atoms with Gasteiger partial charge in [0.05, 0.1) is 6.42 Å². The Balaban J connectivity index is 2.06. The van der Waals surface area contributed by atoms with Gasteiger partial charge >= 0.3 is 0 Å². The maximum absolute atomic E-state index is 8.90. The van der Waals surface area contributed by atoms with E-state index >= 15 is 0 Å². The molecule has 0 aromatic heterocycles. The van der Waals surface area contributed by atoms with Crippen molar-refractivity contribution in [3.8, 4) is 6.07 Å². The molecule has 0 bridgehead atoms. The largest absolute Gasteiger partial charge is 0.373 e. The zero-order valence-corrected chi connectivity index (χ0v) is 10.0. The van der Waals surface area contributed by atoms with Crippen molar-refractivity contribution in [3.05, 3.63) is 29.8 Å². The standard InChI is InChI=1S/C12H12N2OS/c1-9-4-3-5-10(6-9)16-11-7-12(2,8-13)15-14-11/h3-6H,7H2,1-2H3. The lowest BCUT2D eigenvalue weighted by atomic mass is 10.1. The van der Waals surface area contributed by atoms with Crippen LogP contribution < -0.4 is 0 Å². The molecule has 1 aliphatic rings. The molecule has 0 spiro atoms. The van der Waals surface area contributed by atoms with Crippen molar-refractivity contribution in [1.82, 2.24) is 0 Å². The molecule has 82 valence electrons. The Labute approximate surface area is 99.1 Å². The molecular formula is C12H12N2OS. The fourth-order valence-corrected chi connectivity index (χ4v) is 2.52. The zero-order valence-electron chi connectivity index (χ0n) is 9.23. The second-order valence-corrected chi connectivity index (χ2v) is 5.16. The fraction of sp³-hybridized carbons (Fsp3) is 0.333. The van der Waals surface area contributed by atoms with E-state index in [2.05, 4.69) is 30.3 Å². The molecule has 1 aliphatic heterocycles. The van der Waals surface area contributed by atoms with Crippen molar-refractivity contribution in [1.29, 1.82) is 5.26 Å². The van der Waals surface area contributed by atoms with Crippen molar-refractivity contribution in [2.45, 2.75) is 30.8 Å². The Morgan fingerprint density at radius 1 is 1.56 bits per heavy atom. The van der Waals surface area contributed by atoms with Gasteiger partial charge in [-0.2, -0.15) is 5.26 Å². The molecule has 4 heteroatoms. The van der Waals surface area contributed by atoms with Gasteiger partial charge in [-0.05, 0) is 26.0 Å². The number of rotatable bonds is 1. The summed E-state index contributed by atoms with van der Waals surface area (Å²) in [6.07, 6.45) is 0.558. The van der Waals surface area contributed by atoms with Crippen LogP contribution in [-0.4, -0.2) is 10.6 Å². The number of hydrogen-bond donors (Lipinski definition) is 0. The first-order valence-electron chi connectivity index (χ1n) is 5.02. The van der Waals surface area contributed by atoms with Gasteiger partial charge in [0.2, 0.25) is 5.60 Å². The maximum atomic E-state index is 8.90. The van der Waals surface area contributed by atoms with Crippen LogP contribution in [-0.2, 0) is 4.84 Å². The van der Waals surface area contributed by atoms with E-state index in [-0.39, 0.29) is 0 Å². The van der Waals surface area contributed by atoms with Gasteiger partial charge in [-0.1, -0.05) is 34.6 Å². The van der Waals surface area contributed by atoms with Gasteiger partial charge in [0.1, 0.15) is 11.1 Å². The second kappa shape index (κ2) is 4.18. The predicted octanol–water partition coefficient (Wildman–Crippen LogP) is 3.10. The topological polar surface area (TPSA) is 45.4 Å². The van der Waals surface area contributed by atoms with Gasteiger partial charge in [0, 0.05) is 4.90 Å². The molecular weight excluding hydrogens is 220 g/mol. The number of hydrogen-bond acceptors (Lipinski definition) is 4. The second-order valence-electron chi connectivity index (χ2n) is 4.01. The normalized spacial score (nSPS) is 23.4. The van der Waals surface area contributed by atoms with Crippen LogP contribution in [0, 0.1) is 18.3 Å². The molecule has 0 N–H and O–H groups in total. The molecule has 1 aromatic carbocycles. The minimum Gasteiger partial charge on any atom is -0.373 e. The average Bonchev–Trinajstić information content (AvgIpc) is 2.61. The minimum absolute atomic E-state index is 0.558. The number of benzene rings is 1. The first kappa shape index (κ1) is 11.0. The van der Waals surface area contributed by atoms with Crippen LogP contribution >= 0.6 is 11.8 Å². The first-order chi connectivity index (χ1) is 7.61. The van der Waals surface area contributed by atoms with E-state index in [9.17, 15) is 0 Å². The van der Waals surface area contributed by atoms with Gasteiger partial charge in [-0.25, -0.2) is 0 Å². The van der Waals surface area contributed by atoms with Gasteiger partial charge in [-0.3, -0.25) is 0 Å². The number of thioether (sulfide) groups is 1. The molecule has 0 saturated heterocycles. The fourth-order valence-electron chi connectivity index (χ4n) is 1.43. The molecule has 0 fully saturated rings. The number of nitrogens with zero attached hydrogens (tertiary/aromatic N) is 2. The summed E-state index contributed by atoms with van der Waals surface area (Å²) < 4.78 is 0. The van der Waals surface area contributed by atoms with Gasteiger partial charge in [0.25, 0.3) is 0 Å². The van der Waals surface area contributed by atoms with Crippen LogP contribution in [0.4, 0.5) is 0 Å². The van der Waals surface area contributed by atoms with E-state index < -0.39 is 5.60 Å². The molecule has 3 nitrogen and oxygen atoms in total. The lowest BCUT2D eigenvalue weighted by Gasteiger charge is -2.09. The van der Waals surface area contributed by atoms with Crippen LogP contribution in [0.3, 0.4) is 0 Å². The van der Waals surface area contributed by atoms with Crippen molar-refractivity contribution in [2.75, 3.05) is 0 Å². The molecule has 2 rings (SSSR count). The summed E-state index contributed by atoms with van der Waals surface area (Å²) in [5, 5.41) is 13.7.